The second kappa shape index (κ2) is 8.90. The van der Waals surface area contributed by atoms with Crippen molar-refractivity contribution in [1.82, 2.24) is 10.6 Å². The Kier molecular flexibility index (Phi) is 6.11. The molecule has 0 heterocycles. The Balaban J connectivity index is 1.32. The minimum Gasteiger partial charge on any atom is -0.382 e. The van der Waals surface area contributed by atoms with E-state index in [2.05, 4.69) is 65.3 Å². The van der Waals surface area contributed by atoms with E-state index >= 15 is 0 Å². The van der Waals surface area contributed by atoms with Gasteiger partial charge in [0.2, 0.25) is 0 Å². The van der Waals surface area contributed by atoms with Crippen molar-refractivity contribution >= 4 is 0 Å². The molecule has 2 nitrogen and oxygen atoms in total. The molecular weight excluding hydrogens is 316 g/mol. The van der Waals surface area contributed by atoms with Gasteiger partial charge in [-0.1, -0.05) is 48.6 Å². The molecule has 3 unspecified atom stereocenters. The van der Waals surface area contributed by atoms with Gasteiger partial charge >= 0.3 is 0 Å². The SMILES string of the molecule is C1=CCCC(N[C@H]2C=C[C@@H](NC3CCC=CC3C3C=CCCC3)CC2)=C1. The zero-order valence-corrected chi connectivity index (χ0v) is 15.9. The maximum atomic E-state index is 4.00. The normalized spacial score (nSPS) is 36.8. The van der Waals surface area contributed by atoms with Gasteiger partial charge in [0.1, 0.15) is 0 Å². The zero-order valence-electron chi connectivity index (χ0n) is 15.9. The number of rotatable bonds is 5. The standard InChI is InChI=1S/C24H34N2/c1-3-9-19(10-4-1)23-13-7-8-14-24(23)26-22-17-15-21(16-18-22)25-20-11-5-2-6-12-20/h2-3,5,7,9,11,13,15,17,19,21-26H,1,4,6,8,10,12,14,16,18H2/t19?,21-,22+,23?,24?/m0/s1. The summed E-state index contributed by atoms with van der Waals surface area (Å²) in [5, 5.41) is 7.72. The Labute approximate surface area is 159 Å². The summed E-state index contributed by atoms with van der Waals surface area (Å²) >= 11 is 0. The molecule has 0 aromatic rings. The molecule has 4 rings (SSSR count). The molecule has 140 valence electrons. The van der Waals surface area contributed by atoms with Gasteiger partial charge < -0.3 is 10.6 Å². The van der Waals surface area contributed by atoms with E-state index in [4.69, 9.17) is 0 Å². The quantitative estimate of drug-likeness (QED) is 0.668. The van der Waals surface area contributed by atoms with E-state index in [1.165, 1.54) is 57.1 Å². The van der Waals surface area contributed by atoms with Crippen LogP contribution < -0.4 is 10.6 Å². The molecule has 0 amide bonds. The lowest BCUT2D eigenvalue weighted by atomic mass is 9.76. The predicted molar refractivity (Wildman–Crippen MR) is 111 cm³/mol. The Morgan fingerprint density at radius 1 is 0.769 bits per heavy atom. The molecule has 0 saturated carbocycles. The molecule has 0 aromatic carbocycles. The maximum Gasteiger partial charge on any atom is 0.0442 e. The third-order valence-electron chi connectivity index (χ3n) is 6.43. The summed E-state index contributed by atoms with van der Waals surface area (Å²) in [4.78, 5) is 0. The van der Waals surface area contributed by atoms with Crippen LogP contribution >= 0.6 is 0 Å². The van der Waals surface area contributed by atoms with Gasteiger partial charge in [-0.2, -0.15) is 0 Å². The van der Waals surface area contributed by atoms with Gasteiger partial charge in [0, 0.05) is 23.8 Å². The van der Waals surface area contributed by atoms with Crippen molar-refractivity contribution < 1.29 is 0 Å². The van der Waals surface area contributed by atoms with Crippen molar-refractivity contribution in [1.29, 1.82) is 0 Å². The summed E-state index contributed by atoms with van der Waals surface area (Å²) < 4.78 is 0. The molecule has 2 heteroatoms. The molecule has 0 saturated heterocycles. The molecule has 2 N–H and O–H groups in total. The Bertz CT molecular complexity index is 610. The smallest absolute Gasteiger partial charge is 0.0442 e. The van der Waals surface area contributed by atoms with Crippen molar-refractivity contribution in [3.05, 3.63) is 60.4 Å². The largest absolute Gasteiger partial charge is 0.382 e. The molecule has 26 heavy (non-hydrogen) atoms. The van der Waals surface area contributed by atoms with Crippen molar-refractivity contribution in [2.45, 2.75) is 75.9 Å². The van der Waals surface area contributed by atoms with Crippen LogP contribution in [0.1, 0.15) is 57.8 Å². The van der Waals surface area contributed by atoms with Gasteiger partial charge in [-0.3, -0.25) is 0 Å². The fourth-order valence-electron chi connectivity index (χ4n) is 4.97. The summed E-state index contributed by atoms with van der Waals surface area (Å²) in [6.07, 6.45) is 32.6. The highest BCUT2D eigenvalue weighted by molar-refractivity contribution is 5.19. The minimum absolute atomic E-state index is 0.508. The van der Waals surface area contributed by atoms with Gasteiger partial charge in [-0.05, 0) is 75.7 Å². The van der Waals surface area contributed by atoms with E-state index in [0.717, 1.165) is 12.3 Å². The number of hydrogen-bond donors (Lipinski definition) is 2. The monoisotopic (exact) mass is 350 g/mol. The van der Waals surface area contributed by atoms with Crippen molar-refractivity contribution in [3.63, 3.8) is 0 Å². The van der Waals surface area contributed by atoms with Crippen LogP contribution in [0.3, 0.4) is 0 Å². The van der Waals surface area contributed by atoms with Gasteiger partial charge in [0.25, 0.3) is 0 Å². The molecule has 0 aliphatic heterocycles. The van der Waals surface area contributed by atoms with Crippen LogP contribution in [0.2, 0.25) is 0 Å². The molecule has 4 aliphatic rings. The van der Waals surface area contributed by atoms with Crippen LogP contribution in [0.4, 0.5) is 0 Å². The van der Waals surface area contributed by atoms with Crippen LogP contribution in [0.25, 0.3) is 0 Å². The highest BCUT2D eigenvalue weighted by Crippen LogP contribution is 2.33. The molecule has 0 fully saturated rings. The lowest BCUT2D eigenvalue weighted by Gasteiger charge is -2.37. The number of hydrogen-bond acceptors (Lipinski definition) is 2. The second-order valence-corrected chi connectivity index (χ2v) is 8.36. The van der Waals surface area contributed by atoms with Gasteiger partial charge in [0.05, 0.1) is 0 Å². The van der Waals surface area contributed by atoms with Crippen LogP contribution in [0.15, 0.2) is 60.4 Å². The lowest BCUT2D eigenvalue weighted by molar-refractivity contribution is 0.275. The van der Waals surface area contributed by atoms with E-state index in [-0.39, 0.29) is 0 Å². The number of nitrogens with one attached hydrogen (secondary N) is 2. The Morgan fingerprint density at radius 3 is 2.42 bits per heavy atom. The van der Waals surface area contributed by atoms with Crippen LogP contribution in [-0.4, -0.2) is 18.1 Å². The van der Waals surface area contributed by atoms with Gasteiger partial charge in [-0.15, -0.1) is 0 Å². The van der Waals surface area contributed by atoms with Crippen molar-refractivity contribution in [2.75, 3.05) is 0 Å². The topological polar surface area (TPSA) is 24.1 Å². The second-order valence-electron chi connectivity index (χ2n) is 8.36. The first-order valence-corrected chi connectivity index (χ1v) is 10.8. The number of allylic oxidation sites excluding steroid dienone is 7. The average molecular weight is 351 g/mol. The first-order valence-electron chi connectivity index (χ1n) is 10.8. The summed E-state index contributed by atoms with van der Waals surface area (Å²) in [5.74, 6) is 1.43. The molecule has 0 spiro atoms. The Hall–Kier alpha value is -1.54. The van der Waals surface area contributed by atoms with Crippen molar-refractivity contribution in [2.24, 2.45) is 11.8 Å². The molecular formula is C24H34N2. The van der Waals surface area contributed by atoms with E-state index < -0.39 is 0 Å². The molecule has 0 aromatic heterocycles. The molecule has 5 atom stereocenters. The van der Waals surface area contributed by atoms with Crippen LogP contribution in [-0.2, 0) is 0 Å². The fraction of sp³-hybridized carbons (Fsp3) is 0.583. The highest BCUT2D eigenvalue weighted by Gasteiger charge is 2.30. The van der Waals surface area contributed by atoms with Crippen molar-refractivity contribution in [3.8, 4) is 0 Å². The maximum absolute atomic E-state index is 4.00. The minimum atomic E-state index is 0.508. The van der Waals surface area contributed by atoms with Crippen LogP contribution in [0, 0.1) is 11.8 Å². The van der Waals surface area contributed by atoms with Crippen LogP contribution in [0.5, 0.6) is 0 Å². The van der Waals surface area contributed by atoms with E-state index in [1.54, 1.807) is 0 Å². The first-order chi connectivity index (χ1) is 12.9. The highest BCUT2D eigenvalue weighted by atomic mass is 15.0. The summed E-state index contributed by atoms with van der Waals surface area (Å²) in [6.45, 7) is 0. The third-order valence-corrected chi connectivity index (χ3v) is 6.43. The summed E-state index contributed by atoms with van der Waals surface area (Å²) in [7, 11) is 0. The molecule has 0 radical (unpaired) electrons. The summed E-state index contributed by atoms with van der Waals surface area (Å²) in [6, 6.07) is 1.69. The van der Waals surface area contributed by atoms with Gasteiger partial charge in [0.15, 0.2) is 0 Å². The van der Waals surface area contributed by atoms with Gasteiger partial charge in [-0.25, -0.2) is 0 Å². The third kappa shape index (κ3) is 4.59. The first kappa shape index (κ1) is 17.9. The fourth-order valence-corrected chi connectivity index (χ4v) is 4.97. The zero-order chi connectivity index (χ0) is 17.6. The lowest BCUT2D eigenvalue weighted by Crippen LogP contribution is -2.46. The molecule has 0 bridgehead atoms. The van der Waals surface area contributed by atoms with E-state index in [1.807, 2.05) is 0 Å². The predicted octanol–water partition coefficient (Wildman–Crippen LogP) is 5.18. The molecule has 4 aliphatic carbocycles. The van der Waals surface area contributed by atoms with E-state index in [9.17, 15) is 0 Å². The average Bonchev–Trinajstić information content (AvgIpc) is 2.71. The van der Waals surface area contributed by atoms with E-state index in [0.29, 0.717) is 24.0 Å². The Morgan fingerprint density at radius 2 is 1.65 bits per heavy atom. The summed E-state index contributed by atoms with van der Waals surface area (Å²) in [5.41, 5.74) is 1.40.